The van der Waals surface area contributed by atoms with Gasteiger partial charge >= 0.3 is 0 Å². The SMILES string of the molecule is CC(C)(C)C(CCBr)NC(=O)C1C2C3CCC(C3)C12. The van der Waals surface area contributed by atoms with Crippen LogP contribution in [0.5, 0.6) is 0 Å². The average molecular weight is 328 g/mol. The Morgan fingerprint density at radius 2 is 1.84 bits per heavy atom. The summed E-state index contributed by atoms with van der Waals surface area (Å²) in [5.41, 5.74) is 0.145. The minimum absolute atomic E-state index is 0.145. The van der Waals surface area contributed by atoms with Crippen LogP contribution in [0.25, 0.3) is 0 Å². The Bertz CT molecular complexity index is 359. The Labute approximate surface area is 125 Å². The van der Waals surface area contributed by atoms with Crippen molar-refractivity contribution in [3.8, 4) is 0 Å². The molecule has 0 spiro atoms. The molecule has 0 aliphatic heterocycles. The first-order chi connectivity index (χ1) is 8.93. The maximum atomic E-state index is 12.5. The van der Waals surface area contributed by atoms with Gasteiger partial charge in [0.25, 0.3) is 0 Å². The molecule has 3 aliphatic rings. The van der Waals surface area contributed by atoms with Crippen molar-refractivity contribution >= 4 is 21.8 Å². The van der Waals surface area contributed by atoms with Gasteiger partial charge in [0.2, 0.25) is 5.91 Å². The molecule has 5 atom stereocenters. The van der Waals surface area contributed by atoms with Crippen LogP contribution in [0.2, 0.25) is 0 Å². The van der Waals surface area contributed by atoms with Gasteiger partial charge in [0.15, 0.2) is 0 Å². The van der Waals surface area contributed by atoms with Gasteiger partial charge < -0.3 is 5.32 Å². The third-order valence-corrected chi connectivity index (χ3v) is 6.26. The van der Waals surface area contributed by atoms with E-state index >= 15 is 0 Å². The second kappa shape index (κ2) is 4.75. The molecular formula is C16H26BrNO. The van der Waals surface area contributed by atoms with Crippen molar-refractivity contribution in [2.75, 3.05) is 5.33 Å². The Morgan fingerprint density at radius 3 is 2.32 bits per heavy atom. The zero-order valence-corrected chi connectivity index (χ0v) is 13.9. The number of hydrogen-bond donors (Lipinski definition) is 1. The molecule has 1 amide bonds. The smallest absolute Gasteiger partial charge is 0.223 e. The van der Waals surface area contributed by atoms with E-state index < -0.39 is 0 Å². The number of carbonyl (C=O) groups is 1. The van der Waals surface area contributed by atoms with Gasteiger partial charge in [-0.15, -0.1) is 0 Å². The fraction of sp³-hybridized carbons (Fsp3) is 0.938. The second-order valence-corrected chi connectivity index (χ2v) is 8.71. The second-order valence-electron chi connectivity index (χ2n) is 7.92. The van der Waals surface area contributed by atoms with Gasteiger partial charge in [0.05, 0.1) is 0 Å². The number of fused-ring (bicyclic) bond motifs is 5. The topological polar surface area (TPSA) is 29.1 Å². The van der Waals surface area contributed by atoms with E-state index in [4.69, 9.17) is 0 Å². The molecule has 2 bridgehead atoms. The lowest BCUT2D eigenvalue weighted by molar-refractivity contribution is -0.124. The highest BCUT2D eigenvalue weighted by molar-refractivity contribution is 9.09. The van der Waals surface area contributed by atoms with Gasteiger partial charge in [0, 0.05) is 17.3 Å². The van der Waals surface area contributed by atoms with Gasteiger partial charge in [-0.3, -0.25) is 4.79 Å². The summed E-state index contributed by atoms with van der Waals surface area (Å²) in [6.07, 6.45) is 5.22. The summed E-state index contributed by atoms with van der Waals surface area (Å²) in [6, 6.07) is 0.290. The molecule has 3 aliphatic carbocycles. The highest BCUT2D eigenvalue weighted by Crippen LogP contribution is 2.69. The van der Waals surface area contributed by atoms with Crippen molar-refractivity contribution < 1.29 is 4.79 Å². The molecule has 3 heteroatoms. The van der Waals surface area contributed by atoms with Gasteiger partial charge in [-0.1, -0.05) is 36.7 Å². The van der Waals surface area contributed by atoms with E-state index in [0.29, 0.717) is 17.9 Å². The van der Waals surface area contributed by atoms with Crippen LogP contribution in [-0.2, 0) is 4.79 Å². The van der Waals surface area contributed by atoms with Crippen LogP contribution in [0.4, 0.5) is 0 Å². The maximum Gasteiger partial charge on any atom is 0.223 e. The monoisotopic (exact) mass is 327 g/mol. The van der Waals surface area contributed by atoms with Gasteiger partial charge in [-0.05, 0) is 54.8 Å². The lowest BCUT2D eigenvalue weighted by Crippen LogP contribution is -2.45. The molecule has 19 heavy (non-hydrogen) atoms. The molecule has 0 heterocycles. The first-order valence-electron chi connectivity index (χ1n) is 7.80. The Balaban J connectivity index is 1.60. The van der Waals surface area contributed by atoms with E-state index in [1.165, 1.54) is 19.3 Å². The molecule has 1 N–H and O–H groups in total. The molecule has 0 saturated heterocycles. The minimum Gasteiger partial charge on any atom is -0.353 e. The summed E-state index contributed by atoms with van der Waals surface area (Å²) in [6.45, 7) is 6.66. The van der Waals surface area contributed by atoms with Crippen LogP contribution in [-0.4, -0.2) is 17.3 Å². The molecule has 108 valence electrons. The number of hydrogen-bond acceptors (Lipinski definition) is 1. The first kappa shape index (κ1) is 13.9. The van der Waals surface area contributed by atoms with Crippen molar-refractivity contribution in [3.63, 3.8) is 0 Å². The predicted octanol–water partition coefficient (Wildman–Crippen LogP) is 3.59. The third kappa shape index (κ3) is 2.36. The normalized spacial score (nSPS) is 40.9. The van der Waals surface area contributed by atoms with Crippen LogP contribution in [0.1, 0.15) is 46.5 Å². The molecule has 0 aromatic carbocycles. The standard InChI is InChI=1S/C16H26BrNO/c1-16(2,3)11(6-7-17)18-15(19)14-12-9-4-5-10(8-9)13(12)14/h9-14H,4-8H2,1-3H3,(H,18,19). The summed E-state index contributed by atoms with van der Waals surface area (Å²) >= 11 is 3.51. The largest absolute Gasteiger partial charge is 0.353 e. The summed E-state index contributed by atoms with van der Waals surface area (Å²) in [7, 11) is 0. The third-order valence-electron chi connectivity index (χ3n) is 5.80. The average Bonchev–Trinajstić information content (AvgIpc) is 2.77. The van der Waals surface area contributed by atoms with Crippen LogP contribution >= 0.6 is 15.9 Å². The van der Waals surface area contributed by atoms with Crippen LogP contribution < -0.4 is 5.32 Å². The lowest BCUT2D eigenvalue weighted by atomic mass is 9.85. The number of carbonyl (C=O) groups excluding carboxylic acids is 1. The van der Waals surface area contributed by atoms with Crippen molar-refractivity contribution in [3.05, 3.63) is 0 Å². The molecule has 0 aromatic rings. The van der Waals surface area contributed by atoms with E-state index in [0.717, 1.165) is 35.4 Å². The molecule has 2 nitrogen and oxygen atoms in total. The molecule has 0 radical (unpaired) electrons. The maximum absolute atomic E-state index is 12.5. The van der Waals surface area contributed by atoms with Crippen molar-refractivity contribution in [2.24, 2.45) is 35.0 Å². The van der Waals surface area contributed by atoms with Gasteiger partial charge in [-0.2, -0.15) is 0 Å². The minimum atomic E-state index is 0.145. The predicted molar refractivity (Wildman–Crippen MR) is 81.1 cm³/mol. The Hall–Kier alpha value is -0.0500. The summed E-state index contributed by atoms with van der Waals surface area (Å²) in [4.78, 5) is 12.5. The van der Waals surface area contributed by atoms with Crippen molar-refractivity contribution in [1.29, 1.82) is 0 Å². The summed E-state index contributed by atoms with van der Waals surface area (Å²) < 4.78 is 0. The van der Waals surface area contributed by atoms with Crippen LogP contribution in [0, 0.1) is 35.0 Å². The molecular weight excluding hydrogens is 302 g/mol. The summed E-state index contributed by atoms with van der Waals surface area (Å²) in [5, 5.41) is 4.30. The molecule has 3 rings (SSSR count). The Kier molecular flexibility index (Phi) is 3.48. The fourth-order valence-corrected chi connectivity index (χ4v) is 5.23. The molecule has 0 aromatic heterocycles. The summed E-state index contributed by atoms with van der Waals surface area (Å²) in [5.74, 6) is 4.00. The molecule has 3 saturated carbocycles. The highest BCUT2D eigenvalue weighted by atomic mass is 79.9. The number of amides is 1. The van der Waals surface area contributed by atoms with Crippen molar-refractivity contribution in [2.45, 2.75) is 52.5 Å². The zero-order chi connectivity index (χ0) is 13.8. The molecule has 5 unspecified atom stereocenters. The fourth-order valence-electron chi connectivity index (χ4n) is 4.77. The van der Waals surface area contributed by atoms with Gasteiger partial charge in [0.1, 0.15) is 0 Å². The number of rotatable bonds is 4. The molecule has 3 fully saturated rings. The lowest BCUT2D eigenvalue weighted by Gasteiger charge is -2.31. The number of halogens is 1. The van der Waals surface area contributed by atoms with Crippen LogP contribution in [0.3, 0.4) is 0 Å². The first-order valence-corrected chi connectivity index (χ1v) is 8.92. The number of nitrogens with one attached hydrogen (secondary N) is 1. The van der Waals surface area contributed by atoms with Crippen molar-refractivity contribution in [1.82, 2.24) is 5.32 Å². The van der Waals surface area contributed by atoms with E-state index in [9.17, 15) is 4.79 Å². The van der Waals surface area contributed by atoms with E-state index in [1.807, 2.05) is 0 Å². The van der Waals surface area contributed by atoms with Gasteiger partial charge in [-0.25, -0.2) is 0 Å². The zero-order valence-electron chi connectivity index (χ0n) is 12.3. The highest BCUT2D eigenvalue weighted by Gasteiger charge is 2.67. The number of alkyl halides is 1. The Morgan fingerprint density at radius 1 is 1.26 bits per heavy atom. The van der Waals surface area contributed by atoms with E-state index in [2.05, 4.69) is 42.0 Å². The van der Waals surface area contributed by atoms with E-state index in [-0.39, 0.29) is 5.41 Å². The van der Waals surface area contributed by atoms with E-state index in [1.54, 1.807) is 0 Å². The quantitative estimate of drug-likeness (QED) is 0.785. The van der Waals surface area contributed by atoms with Crippen LogP contribution in [0.15, 0.2) is 0 Å².